The topological polar surface area (TPSA) is 68.4 Å². The average Bonchev–Trinajstić information content (AvgIpc) is 3.26. The number of aromatic nitrogens is 2. The molecule has 6 nitrogen and oxygen atoms in total. The van der Waals surface area contributed by atoms with E-state index < -0.39 is 0 Å². The Morgan fingerprint density at radius 1 is 1.04 bits per heavy atom. The first-order valence-corrected chi connectivity index (χ1v) is 9.61. The van der Waals surface area contributed by atoms with Gasteiger partial charge in [0.05, 0.1) is 26.0 Å². The number of aromatic amines is 1. The molecule has 146 valence electrons. The molecule has 4 rings (SSSR count). The van der Waals surface area contributed by atoms with Crippen molar-refractivity contribution in [3.63, 3.8) is 0 Å². The molecule has 1 aliphatic rings. The lowest BCUT2D eigenvalue weighted by atomic mass is 10.1. The lowest BCUT2D eigenvalue weighted by Crippen LogP contribution is -2.03. The van der Waals surface area contributed by atoms with E-state index in [9.17, 15) is 0 Å². The smallest absolute Gasteiger partial charge is 0.161 e. The summed E-state index contributed by atoms with van der Waals surface area (Å²) in [6, 6.07) is 12.1. The molecule has 3 aromatic rings. The molecule has 0 radical (unpaired) electrons. The second kappa shape index (κ2) is 7.84. The van der Waals surface area contributed by atoms with Crippen molar-refractivity contribution in [3.05, 3.63) is 53.1 Å². The Kier molecular flexibility index (Phi) is 5.10. The Bertz CT molecular complexity index is 981. The highest BCUT2D eigenvalue weighted by atomic mass is 16.5. The third kappa shape index (κ3) is 3.26. The minimum Gasteiger partial charge on any atom is -0.496 e. The fourth-order valence-electron chi connectivity index (χ4n) is 3.63. The number of para-hydroxylation sites is 1. The van der Waals surface area contributed by atoms with Crippen LogP contribution in [0.1, 0.15) is 30.5 Å². The van der Waals surface area contributed by atoms with Gasteiger partial charge in [0.25, 0.3) is 0 Å². The molecule has 0 aliphatic heterocycles. The summed E-state index contributed by atoms with van der Waals surface area (Å²) in [4.78, 5) is 0. The van der Waals surface area contributed by atoms with Crippen molar-refractivity contribution in [1.29, 1.82) is 0 Å². The fraction of sp³-hybridized carbons (Fsp3) is 0.318. The van der Waals surface area contributed by atoms with Gasteiger partial charge < -0.3 is 19.5 Å². The lowest BCUT2D eigenvalue weighted by Gasteiger charge is -2.13. The van der Waals surface area contributed by atoms with Crippen LogP contribution in [0.2, 0.25) is 0 Å². The van der Waals surface area contributed by atoms with Gasteiger partial charge in [-0.05, 0) is 37.6 Å². The van der Waals surface area contributed by atoms with Gasteiger partial charge in [0.1, 0.15) is 11.6 Å². The molecular weight excluding hydrogens is 354 g/mol. The number of benzene rings is 2. The highest BCUT2D eigenvalue weighted by molar-refractivity contribution is 5.80. The minimum atomic E-state index is 0.595. The predicted molar refractivity (Wildman–Crippen MR) is 109 cm³/mol. The molecule has 0 unspecified atom stereocenters. The van der Waals surface area contributed by atoms with Crippen molar-refractivity contribution in [2.45, 2.75) is 26.8 Å². The monoisotopic (exact) mass is 379 g/mol. The van der Waals surface area contributed by atoms with E-state index in [1.807, 2.05) is 38.1 Å². The van der Waals surface area contributed by atoms with Crippen LogP contribution in [-0.4, -0.2) is 30.5 Å². The van der Waals surface area contributed by atoms with E-state index in [1.54, 1.807) is 7.11 Å². The van der Waals surface area contributed by atoms with Crippen molar-refractivity contribution < 1.29 is 14.2 Å². The molecule has 0 saturated carbocycles. The maximum Gasteiger partial charge on any atom is 0.161 e. The zero-order valence-corrected chi connectivity index (χ0v) is 16.5. The molecule has 0 bridgehead atoms. The fourth-order valence-corrected chi connectivity index (χ4v) is 3.63. The lowest BCUT2D eigenvalue weighted by molar-refractivity contribution is 0.287. The van der Waals surface area contributed by atoms with Crippen LogP contribution in [0.25, 0.3) is 11.3 Å². The van der Waals surface area contributed by atoms with Crippen LogP contribution in [0.15, 0.2) is 36.4 Å². The normalized spacial score (nSPS) is 11.7. The third-order valence-corrected chi connectivity index (χ3v) is 4.91. The summed E-state index contributed by atoms with van der Waals surface area (Å²) >= 11 is 0. The summed E-state index contributed by atoms with van der Waals surface area (Å²) in [6.45, 7) is 5.81. The van der Waals surface area contributed by atoms with Crippen molar-refractivity contribution in [3.8, 4) is 28.5 Å². The van der Waals surface area contributed by atoms with Crippen LogP contribution in [-0.2, 0) is 13.0 Å². The van der Waals surface area contributed by atoms with Gasteiger partial charge in [-0.3, -0.25) is 5.10 Å². The van der Waals surface area contributed by atoms with Crippen LogP contribution < -0.4 is 19.5 Å². The van der Waals surface area contributed by atoms with E-state index >= 15 is 0 Å². The molecule has 0 atom stereocenters. The van der Waals surface area contributed by atoms with Crippen LogP contribution in [0.4, 0.5) is 5.82 Å². The van der Waals surface area contributed by atoms with Crippen molar-refractivity contribution in [2.75, 3.05) is 25.6 Å². The molecular formula is C22H25N3O3. The summed E-state index contributed by atoms with van der Waals surface area (Å²) in [7, 11) is 1.69. The molecule has 1 aromatic heterocycles. The summed E-state index contributed by atoms with van der Waals surface area (Å²) in [5.41, 5.74) is 5.55. The molecule has 1 aliphatic carbocycles. The molecule has 1 heterocycles. The maximum absolute atomic E-state index is 5.78. The number of anilines is 1. The maximum atomic E-state index is 5.78. The number of methoxy groups -OCH3 is 1. The zero-order valence-electron chi connectivity index (χ0n) is 16.5. The number of fused-ring (bicyclic) bond motifs is 3. The molecule has 28 heavy (non-hydrogen) atoms. The SMILES string of the molecule is CCOc1cc2c(cc1OCC)-c1n[nH]c(NCc3ccccc3OC)c1C2. The van der Waals surface area contributed by atoms with Gasteiger partial charge in [0.15, 0.2) is 11.5 Å². The zero-order chi connectivity index (χ0) is 19.5. The average molecular weight is 379 g/mol. The van der Waals surface area contributed by atoms with Crippen LogP contribution in [0, 0.1) is 0 Å². The Balaban J connectivity index is 1.59. The van der Waals surface area contributed by atoms with E-state index in [1.165, 1.54) is 11.1 Å². The van der Waals surface area contributed by atoms with Crippen molar-refractivity contribution in [2.24, 2.45) is 0 Å². The highest BCUT2D eigenvalue weighted by Gasteiger charge is 2.27. The standard InChI is InChI=1S/C22H25N3O3/c1-4-27-19-11-15-10-17-21(16(15)12-20(19)28-5-2)24-25-22(17)23-13-14-8-6-7-9-18(14)26-3/h6-9,11-12H,4-5,10,13H2,1-3H3,(H2,23,24,25). The molecule has 0 spiro atoms. The molecule has 0 saturated heterocycles. The van der Waals surface area contributed by atoms with Gasteiger partial charge in [0, 0.05) is 29.7 Å². The van der Waals surface area contributed by atoms with E-state index in [0.717, 1.165) is 46.3 Å². The number of nitrogens with one attached hydrogen (secondary N) is 2. The number of hydrogen-bond donors (Lipinski definition) is 2. The molecule has 0 amide bonds. The van der Waals surface area contributed by atoms with E-state index in [-0.39, 0.29) is 0 Å². The molecule has 2 aromatic carbocycles. The number of ether oxygens (including phenoxy) is 3. The second-order valence-corrected chi connectivity index (χ2v) is 6.59. The first kappa shape index (κ1) is 18.2. The second-order valence-electron chi connectivity index (χ2n) is 6.59. The van der Waals surface area contributed by atoms with Gasteiger partial charge in [-0.25, -0.2) is 0 Å². The quantitative estimate of drug-likeness (QED) is 0.475. The molecule has 6 heteroatoms. The predicted octanol–water partition coefficient (Wildman–Crippen LogP) is 4.40. The van der Waals surface area contributed by atoms with Crippen molar-refractivity contribution >= 4 is 5.82 Å². The largest absolute Gasteiger partial charge is 0.496 e. The summed E-state index contributed by atoms with van der Waals surface area (Å²) in [5, 5.41) is 11.2. The first-order valence-electron chi connectivity index (χ1n) is 9.61. The Hall–Kier alpha value is -3.15. The summed E-state index contributed by atoms with van der Waals surface area (Å²) in [5.74, 6) is 3.37. The van der Waals surface area contributed by atoms with Crippen LogP contribution in [0.3, 0.4) is 0 Å². The number of hydrogen-bond acceptors (Lipinski definition) is 5. The van der Waals surface area contributed by atoms with Crippen molar-refractivity contribution in [1.82, 2.24) is 10.2 Å². The number of H-pyrrole nitrogens is 1. The Labute approximate surface area is 164 Å². The number of rotatable bonds is 8. The Morgan fingerprint density at radius 2 is 1.79 bits per heavy atom. The van der Waals surface area contributed by atoms with Crippen LogP contribution >= 0.6 is 0 Å². The summed E-state index contributed by atoms with van der Waals surface area (Å²) in [6.07, 6.45) is 0.807. The minimum absolute atomic E-state index is 0.595. The molecule has 0 fully saturated rings. The third-order valence-electron chi connectivity index (χ3n) is 4.91. The van der Waals surface area contributed by atoms with Gasteiger partial charge in [-0.2, -0.15) is 5.10 Å². The van der Waals surface area contributed by atoms with Gasteiger partial charge in [0.2, 0.25) is 0 Å². The van der Waals surface area contributed by atoms with E-state index in [0.29, 0.717) is 19.8 Å². The first-order chi connectivity index (χ1) is 13.7. The van der Waals surface area contributed by atoms with Crippen LogP contribution in [0.5, 0.6) is 17.2 Å². The highest BCUT2D eigenvalue weighted by Crippen LogP contribution is 2.44. The summed E-state index contributed by atoms with van der Waals surface area (Å²) < 4.78 is 17.0. The van der Waals surface area contributed by atoms with Gasteiger partial charge >= 0.3 is 0 Å². The van der Waals surface area contributed by atoms with E-state index in [4.69, 9.17) is 14.2 Å². The Morgan fingerprint density at radius 3 is 2.54 bits per heavy atom. The van der Waals surface area contributed by atoms with E-state index in [2.05, 4.69) is 27.6 Å². The number of nitrogens with zero attached hydrogens (tertiary/aromatic N) is 1. The van der Waals surface area contributed by atoms with Gasteiger partial charge in [-0.15, -0.1) is 0 Å². The van der Waals surface area contributed by atoms with Gasteiger partial charge in [-0.1, -0.05) is 18.2 Å². The molecule has 2 N–H and O–H groups in total.